The maximum atomic E-state index is 6.58. The SMILES string of the molecule is c1ccc(-c2cc(-c3ccc(-c4ncccn4)cc3)nc(-c3cc(-c4cccc5c4oc4ccccc45)cc(-c4cccc5c4oc4ccccc45)c3)n2)cc1. The minimum atomic E-state index is 0.605. The molecule has 0 saturated heterocycles. The van der Waals surface area contributed by atoms with Crippen LogP contribution in [0.15, 0.2) is 191 Å². The standard InChI is InChI=1S/C50H30N4O2/c1-2-11-31(12-3-1)43-30-44(32-21-23-33(24-22-32)49-51-25-10-26-52-49)54-50(53-43)36-28-34(37-15-8-17-41-39-13-4-6-19-45(39)55-47(37)41)27-35(29-36)38-16-9-18-42-40-14-5-7-20-46(40)56-48(38)42/h1-30H. The predicted molar refractivity (Wildman–Crippen MR) is 225 cm³/mol. The molecule has 0 aliphatic carbocycles. The van der Waals surface area contributed by atoms with Gasteiger partial charge >= 0.3 is 0 Å². The first-order valence-corrected chi connectivity index (χ1v) is 18.5. The third-order valence-electron chi connectivity index (χ3n) is 10.4. The van der Waals surface area contributed by atoms with E-state index < -0.39 is 0 Å². The maximum absolute atomic E-state index is 6.58. The van der Waals surface area contributed by atoms with E-state index in [4.69, 9.17) is 18.8 Å². The van der Waals surface area contributed by atoms with Crippen molar-refractivity contribution in [3.05, 3.63) is 182 Å². The van der Waals surface area contributed by atoms with E-state index in [9.17, 15) is 0 Å². The second kappa shape index (κ2) is 13.0. The van der Waals surface area contributed by atoms with Crippen LogP contribution in [0.1, 0.15) is 0 Å². The first-order valence-electron chi connectivity index (χ1n) is 18.5. The van der Waals surface area contributed by atoms with Crippen molar-refractivity contribution in [1.82, 2.24) is 19.9 Å². The molecular formula is C50H30N4O2. The van der Waals surface area contributed by atoms with Gasteiger partial charge in [0.1, 0.15) is 22.3 Å². The number of fused-ring (bicyclic) bond motifs is 6. The van der Waals surface area contributed by atoms with E-state index in [0.29, 0.717) is 11.6 Å². The molecule has 0 aliphatic rings. The number of furan rings is 2. The van der Waals surface area contributed by atoms with Crippen LogP contribution in [-0.2, 0) is 0 Å². The van der Waals surface area contributed by atoms with Gasteiger partial charge in [-0.3, -0.25) is 0 Å². The highest BCUT2D eigenvalue weighted by molar-refractivity contribution is 6.11. The van der Waals surface area contributed by atoms with E-state index in [1.54, 1.807) is 12.4 Å². The van der Waals surface area contributed by atoms with Crippen molar-refractivity contribution in [2.75, 3.05) is 0 Å². The molecule has 0 atom stereocenters. The van der Waals surface area contributed by atoms with Crippen molar-refractivity contribution in [3.8, 4) is 67.5 Å². The predicted octanol–water partition coefficient (Wildman–Crippen LogP) is 13.1. The van der Waals surface area contributed by atoms with Gasteiger partial charge in [-0.2, -0.15) is 0 Å². The van der Waals surface area contributed by atoms with Crippen molar-refractivity contribution in [1.29, 1.82) is 0 Å². The molecule has 0 aliphatic heterocycles. The Labute approximate surface area is 321 Å². The Morgan fingerprint density at radius 3 is 1.39 bits per heavy atom. The Bertz CT molecular complexity index is 3110. The Kier molecular flexibility index (Phi) is 7.38. The molecule has 0 bridgehead atoms. The van der Waals surface area contributed by atoms with E-state index in [1.807, 2.05) is 72.8 Å². The molecule has 6 nitrogen and oxygen atoms in total. The van der Waals surface area contributed by atoms with Gasteiger partial charge in [-0.05, 0) is 53.6 Å². The molecule has 56 heavy (non-hydrogen) atoms. The van der Waals surface area contributed by atoms with E-state index in [-0.39, 0.29) is 0 Å². The van der Waals surface area contributed by atoms with E-state index >= 15 is 0 Å². The summed E-state index contributed by atoms with van der Waals surface area (Å²) in [6, 6.07) is 58.0. The lowest BCUT2D eigenvalue weighted by Crippen LogP contribution is -1.97. The molecule has 11 rings (SSSR count). The van der Waals surface area contributed by atoms with Crippen LogP contribution in [0.4, 0.5) is 0 Å². The van der Waals surface area contributed by atoms with E-state index in [2.05, 4.69) is 107 Å². The van der Waals surface area contributed by atoms with E-state index in [0.717, 1.165) is 99.8 Å². The molecule has 0 fully saturated rings. The summed E-state index contributed by atoms with van der Waals surface area (Å²) in [4.78, 5) is 19.4. The molecular weight excluding hydrogens is 689 g/mol. The summed E-state index contributed by atoms with van der Waals surface area (Å²) in [5.74, 6) is 1.28. The molecule has 0 radical (unpaired) electrons. The quantitative estimate of drug-likeness (QED) is 0.170. The molecule has 0 spiro atoms. The molecule has 0 N–H and O–H groups in total. The van der Waals surface area contributed by atoms with Crippen LogP contribution in [0.25, 0.3) is 111 Å². The van der Waals surface area contributed by atoms with Crippen molar-refractivity contribution < 1.29 is 8.83 Å². The van der Waals surface area contributed by atoms with Crippen LogP contribution in [0.2, 0.25) is 0 Å². The fourth-order valence-electron chi connectivity index (χ4n) is 7.74. The van der Waals surface area contributed by atoms with Gasteiger partial charge in [0.05, 0.1) is 11.4 Å². The molecule has 4 heterocycles. The Morgan fingerprint density at radius 2 is 0.804 bits per heavy atom. The first-order chi connectivity index (χ1) is 27.7. The van der Waals surface area contributed by atoms with Gasteiger partial charge in [-0.25, -0.2) is 19.9 Å². The summed E-state index contributed by atoms with van der Waals surface area (Å²) in [6.45, 7) is 0. The fourth-order valence-corrected chi connectivity index (χ4v) is 7.74. The number of hydrogen-bond acceptors (Lipinski definition) is 6. The third kappa shape index (κ3) is 5.43. The second-order valence-electron chi connectivity index (χ2n) is 13.8. The van der Waals surface area contributed by atoms with E-state index in [1.165, 1.54) is 0 Å². The largest absolute Gasteiger partial charge is 0.455 e. The number of nitrogens with zero attached hydrogens (tertiary/aromatic N) is 4. The van der Waals surface area contributed by atoms with Gasteiger partial charge in [0.15, 0.2) is 11.6 Å². The lowest BCUT2D eigenvalue weighted by molar-refractivity contribution is 0.670. The fraction of sp³-hybridized carbons (Fsp3) is 0. The average molecular weight is 719 g/mol. The van der Waals surface area contributed by atoms with Gasteiger partial charge in [0, 0.05) is 67.3 Å². The van der Waals surface area contributed by atoms with Gasteiger partial charge in [-0.1, -0.05) is 127 Å². The number of aromatic nitrogens is 4. The monoisotopic (exact) mass is 718 g/mol. The Morgan fingerprint density at radius 1 is 0.321 bits per heavy atom. The molecule has 262 valence electrons. The maximum Gasteiger partial charge on any atom is 0.160 e. The van der Waals surface area contributed by atoms with Crippen LogP contribution in [0.3, 0.4) is 0 Å². The van der Waals surface area contributed by atoms with Crippen molar-refractivity contribution in [3.63, 3.8) is 0 Å². The highest BCUT2D eigenvalue weighted by Gasteiger charge is 2.19. The molecule has 4 aromatic heterocycles. The Hall–Kier alpha value is -7.70. The number of benzene rings is 7. The van der Waals surface area contributed by atoms with Gasteiger partial charge < -0.3 is 8.83 Å². The molecule has 6 heteroatoms. The summed E-state index contributed by atoms with van der Waals surface area (Å²) < 4.78 is 13.2. The molecule has 11 aromatic rings. The lowest BCUT2D eigenvalue weighted by atomic mass is 9.93. The number of para-hydroxylation sites is 4. The molecule has 0 saturated carbocycles. The molecule has 0 amide bonds. The van der Waals surface area contributed by atoms with Crippen LogP contribution in [0.5, 0.6) is 0 Å². The summed E-state index contributed by atoms with van der Waals surface area (Å²) in [6.07, 6.45) is 3.51. The molecule has 7 aromatic carbocycles. The van der Waals surface area contributed by atoms with Crippen LogP contribution >= 0.6 is 0 Å². The van der Waals surface area contributed by atoms with Crippen LogP contribution in [-0.4, -0.2) is 19.9 Å². The second-order valence-corrected chi connectivity index (χ2v) is 13.8. The zero-order valence-corrected chi connectivity index (χ0v) is 29.9. The normalized spacial score (nSPS) is 11.6. The summed E-state index contributed by atoms with van der Waals surface area (Å²) >= 11 is 0. The lowest BCUT2D eigenvalue weighted by Gasteiger charge is -2.13. The number of rotatable bonds is 6. The van der Waals surface area contributed by atoms with Crippen molar-refractivity contribution in [2.24, 2.45) is 0 Å². The minimum Gasteiger partial charge on any atom is -0.455 e. The highest BCUT2D eigenvalue weighted by atomic mass is 16.3. The van der Waals surface area contributed by atoms with Crippen LogP contribution in [0, 0.1) is 0 Å². The smallest absolute Gasteiger partial charge is 0.160 e. The first kappa shape index (κ1) is 31.8. The third-order valence-corrected chi connectivity index (χ3v) is 10.4. The zero-order chi connectivity index (χ0) is 37.0. The topological polar surface area (TPSA) is 77.8 Å². The van der Waals surface area contributed by atoms with Crippen molar-refractivity contribution in [2.45, 2.75) is 0 Å². The minimum absolute atomic E-state index is 0.605. The Balaban J connectivity index is 1.15. The van der Waals surface area contributed by atoms with Gasteiger partial charge in [-0.15, -0.1) is 0 Å². The van der Waals surface area contributed by atoms with Crippen LogP contribution < -0.4 is 0 Å². The summed E-state index contributed by atoms with van der Waals surface area (Å²) in [5, 5.41) is 4.30. The summed E-state index contributed by atoms with van der Waals surface area (Å²) in [7, 11) is 0. The van der Waals surface area contributed by atoms with Gasteiger partial charge in [0.25, 0.3) is 0 Å². The van der Waals surface area contributed by atoms with Crippen molar-refractivity contribution >= 4 is 43.9 Å². The summed E-state index contributed by atoms with van der Waals surface area (Å²) in [5.41, 5.74) is 12.7. The number of hydrogen-bond donors (Lipinski definition) is 0. The highest BCUT2D eigenvalue weighted by Crippen LogP contribution is 2.42. The molecule has 0 unspecified atom stereocenters. The van der Waals surface area contributed by atoms with Gasteiger partial charge in [0.2, 0.25) is 0 Å². The average Bonchev–Trinajstić information content (AvgIpc) is 3.86. The zero-order valence-electron chi connectivity index (χ0n) is 29.9.